The Bertz CT molecular complexity index is 451. The molecule has 1 aromatic rings. The average molecular weight is 311 g/mol. The Morgan fingerprint density at radius 2 is 2.06 bits per heavy atom. The second-order valence-corrected chi connectivity index (χ2v) is 5.32. The van der Waals surface area contributed by atoms with Gasteiger partial charge in [0.25, 0.3) is 0 Å². The Labute approximate surface area is 115 Å². The van der Waals surface area contributed by atoms with E-state index in [-0.39, 0.29) is 0 Å². The minimum Gasteiger partial charge on any atom is -0.497 e. The van der Waals surface area contributed by atoms with Crippen molar-refractivity contribution in [2.24, 2.45) is 0 Å². The summed E-state index contributed by atoms with van der Waals surface area (Å²) in [6.45, 7) is 0.431. The summed E-state index contributed by atoms with van der Waals surface area (Å²) in [6, 6.07) is 9.82. The quantitative estimate of drug-likeness (QED) is 0.869. The minimum absolute atomic E-state index is 0.431. The molecule has 0 saturated carbocycles. The summed E-state index contributed by atoms with van der Waals surface area (Å²) >= 11 is 3.23. The number of methoxy groups -OCH3 is 1. The molecule has 0 fully saturated rings. The van der Waals surface area contributed by atoms with Gasteiger partial charge in [-0.2, -0.15) is 0 Å². The number of allylic oxidation sites excluding steroid dienone is 1. The van der Waals surface area contributed by atoms with Gasteiger partial charge in [-0.1, -0.05) is 30.3 Å². The zero-order valence-electron chi connectivity index (χ0n) is 10.0. The lowest BCUT2D eigenvalue weighted by Gasteiger charge is -2.29. The summed E-state index contributed by atoms with van der Waals surface area (Å²) in [6.07, 6.45) is 4.58. The van der Waals surface area contributed by atoms with Crippen molar-refractivity contribution >= 4 is 15.9 Å². The molecular weight excluding hydrogens is 296 g/mol. The lowest BCUT2D eigenvalue weighted by atomic mass is 10.1. The Balaban J connectivity index is 2.03. The van der Waals surface area contributed by atoms with Crippen molar-refractivity contribution in [3.63, 3.8) is 0 Å². The molecule has 0 amide bonds. The summed E-state index contributed by atoms with van der Waals surface area (Å²) in [7, 11) is 1.59. The van der Waals surface area contributed by atoms with Gasteiger partial charge in [0, 0.05) is 0 Å². The highest BCUT2D eigenvalue weighted by molar-refractivity contribution is 9.10. The fourth-order valence-corrected chi connectivity index (χ4v) is 2.07. The molecule has 2 unspecified atom stereocenters. The number of aliphatic hydroxyl groups is 1. The molecule has 0 spiro atoms. The van der Waals surface area contributed by atoms with E-state index in [0.717, 1.165) is 5.56 Å². The zero-order chi connectivity index (χ0) is 13.0. The van der Waals surface area contributed by atoms with E-state index in [9.17, 15) is 5.11 Å². The van der Waals surface area contributed by atoms with E-state index >= 15 is 0 Å². The molecule has 1 aliphatic carbocycles. The molecule has 18 heavy (non-hydrogen) atoms. The van der Waals surface area contributed by atoms with Crippen molar-refractivity contribution in [3.05, 3.63) is 59.9 Å². The van der Waals surface area contributed by atoms with Crippen LogP contribution in [0.4, 0.5) is 0 Å². The molecule has 0 bridgehead atoms. The third-order valence-corrected chi connectivity index (χ3v) is 3.42. The van der Waals surface area contributed by atoms with Crippen LogP contribution in [0.5, 0.6) is 0 Å². The van der Waals surface area contributed by atoms with Crippen LogP contribution in [-0.4, -0.2) is 22.8 Å². The molecule has 0 heterocycles. The number of hydrogen-bond donors (Lipinski definition) is 1. The van der Waals surface area contributed by atoms with Crippen molar-refractivity contribution in [2.45, 2.75) is 17.2 Å². The van der Waals surface area contributed by atoms with Crippen LogP contribution in [0.25, 0.3) is 0 Å². The largest absolute Gasteiger partial charge is 0.497 e. The molecule has 2 rings (SSSR count). The number of rotatable bonds is 4. The van der Waals surface area contributed by atoms with Gasteiger partial charge in [0.2, 0.25) is 0 Å². The van der Waals surface area contributed by atoms with Crippen LogP contribution >= 0.6 is 15.9 Å². The fraction of sp³-hybridized carbons (Fsp3) is 0.286. The highest BCUT2D eigenvalue weighted by atomic mass is 79.9. The van der Waals surface area contributed by atoms with E-state index in [0.29, 0.717) is 12.4 Å². The third kappa shape index (κ3) is 3.22. The van der Waals surface area contributed by atoms with Crippen LogP contribution in [0.15, 0.2) is 54.3 Å². The first-order chi connectivity index (χ1) is 8.62. The molecule has 1 N–H and O–H groups in total. The second kappa shape index (κ2) is 5.69. The maximum absolute atomic E-state index is 10.1. The lowest BCUT2D eigenvalue weighted by Crippen LogP contribution is -2.37. The standard InChI is InChI=1S/C14H15BrO3/c1-17-12-7-8-14(15,16)13(9-12)18-10-11-5-3-2-4-6-11/h2-9,13,16H,10H2,1H3. The van der Waals surface area contributed by atoms with Crippen molar-refractivity contribution in [2.75, 3.05) is 7.11 Å². The predicted octanol–water partition coefficient (Wildman–Crippen LogP) is 2.76. The maximum Gasteiger partial charge on any atom is 0.168 e. The molecule has 4 heteroatoms. The normalized spacial score (nSPS) is 26.8. The van der Waals surface area contributed by atoms with E-state index in [2.05, 4.69) is 15.9 Å². The molecule has 3 nitrogen and oxygen atoms in total. The van der Waals surface area contributed by atoms with Gasteiger partial charge in [0.05, 0.1) is 13.7 Å². The first kappa shape index (κ1) is 13.3. The number of halogens is 1. The molecule has 0 aliphatic heterocycles. The molecule has 0 radical (unpaired) electrons. The van der Waals surface area contributed by atoms with E-state index in [4.69, 9.17) is 9.47 Å². The lowest BCUT2D eigenvalue weighted by molar-refractivity contribution is -0.0151. The number of ether oxygens (including phenoxy) is 2. The Kier molecular flexibility index (Phi) is 4.22. The summed E-state index contributed by atoms with van der Waals surface area (Å²) in [5.74, 6) is 0.678. The van der Waals surface area contributed by atoms with Crippen LogP contribution in [0.2, 0.25) is 0 Å². The SMILES string of the molecule is COC1=CC(OCc2ccccc2)C(O)(Br)C=C1. The Morgan fingerprint density at radius 3 is 2.72 bits per heavy atom. The van der Waals surface area contributed by atoms with Gasteiger partial charge in [0.15, 0.2) is 4.51 Å². The number of benzene rings is 1. The Morgan fingerprint density at radius 1 is 1.33 bits per heavy atom. The second-order valence-electron chi connectivity index (χ2n) is 4.05. The summed E-state index contributed by atoms with van der Waals surface area (Å²) in [4.78, 5) is 0. The van der Waals surface area contributed by atoms with Crippen molar-refractivity contribution < 1.29 is 14.6 Å². The monoisotopic (exact) mass is 310 g/mol. The van der Waals surface area contributed by atoms with E-state index < -0.39 is 10.6 Å². The third-order valence-electron chi connectivity index (χ3n) is 2.70. The molecule has 0 aromatic heterocycles. The molecule has 96 valence electrons. The van der Waals surface area contributed by atoms with Crippen LogP contribution in [-0.2, 0) is 16.1 Å². The maximum atomic E-state index is 10.1. The number of hydrogen-bond acceptors (Lipinski definition) is 3. The van der Waals surface area contributed by atoms with Gasteiger partial charge in [0.1, 0.15) is 11.9 Å². The molecule has 1 aliphatic rings. The van der Waals surface area contributed by atoms with E-state index in [1.54, 1.807) is 25.3 Å². The summed E-state index contributed by atoms with van der Waals surface area (Å²) < 4.78 is 9.65. The van der Waals surface area contributed by atoms with Crippen LogP contribution in [0.1, 0.15) is 5.56 Å². The molecule has 1 aromatic carbocycles. The van der Waals surface area contributed by atoms with Crippen LogP contribution < -0.4 is 0 Å². The zero-order valence-corrected chi connectivity index (χ0v) is 11.6. The highest BCUT2D eigenvalue weighted by Crippen LogP contribution is 2.30. The van der Waals surface area contributed by atoms with E-state index in [1.165, 1.54) is 0 Å². The topological polar surface area (TPSA) is 38.7 Å². The number of alkyl halides is 1. The highest BCUT2D eigenvalue weighted by Gasteiger charge is 2.33. The van der Waals surface area contributed by atoms with Gasteiger partial charge in [-0.25, -0.2) is 0 Å². The van der Waals surface area contributed by atoms with Crippen LogP contribution in [0.3, 0.4) is 0 Å². The fourth-order valence-electron chi connectivity index (χ4n) is 1.68. The average Bonchev–Trinajstić information content (AvgIpc) is 2.38. The Hall–Kier alpha value is -1.10. The van der Waals surface area contributed by atoms with Crippen molar-refractivity contribution in [3.8, 4) is 0 Å². The van der Waals surface area contributed by atoms with E-state index in [1.807, 2.05) is 30.3 Å². The first-order valence-corrected chi connectivity index (χ1v) is 6.43. The smallest absolute Gasteiger partial charge is 0.168 e. The van der Waals surface area contributed by atoms with Gasteiger partial charge in [-0.15, -0.1) is 0 Å². The van der Waals surface area contributed by atoms with Gasteiger partial charge in [-0.3, -0.25) is 0 Å². The first-order valence-electron chi connectivity index (χ1n) is 5.63. The van der Waals surface area contributed by atoms with Crippen molar-refractivity contribution in [1.82, 2.24) is 0 Å². The summed E-state index contributed by atoms with van der Waals surface area (Å²) in [5.41, 5.74) is 1.06. The summed E-state index contributed by atoms with van der Waals surface area (Å²) in [5, 5.41) is 10.1. The van der Waals surface area contributed by atoms with Crippen LogP contribution in [0, 0.1) is 0 Å². The minimum atomic E-state index is -1.19. The van der Waals surface area contributed by atoms with Gasteiger partial charge >= 0.3 is 0 Å². The molecular formula is C14H15BrO3. The molecule has 0 saturated heterocycles. The molecule has 2 atom stereocenters. The van der Waals surface area contributed by atoms with Gasteiger partial charge < -0.3 is 14.6 Å². The van der Waals surface area contributed by atoms with Crippen molar-refractivity contribution in [1.29, 1.82) is 0 Å². The predicted molar refractivity (Wildman–Crippen MR) is 73.1 cm³/mol. The van der Waals surface area contributed by atoms with Gasteiger partial charge in [-0.05, 0) is 39.7 Å².